The van der Waals surface area contributed by atoms with E-state index < -0.39 is 0 Å². The maximum atomic E-state index is 8.97. The van der Waals surface area contributed by atoms with Crippen LogP contribution in [0.5, 0.6) is 0 Å². The molecule has 3 nitrogen and oxygen atoms in total. The van der Waals surface area contributed by atoms with Gasteiger partial charge < -0.3 is 10.0 Å². The lowest BCUT2D eigenvalue weighted by Crippen LogP contribution is -2.32. The van der Waals surface area contributed by atoms with Crippen molar-refractivity contribution >= 4 is 11.3 Å². The van der Waals surface area contributed by atoms with Crippen LogP contribution in [-0.4, -0.2) is 41.2 Å². The largest absolute Gasteiger partial charge is 0.395 e. The number of thiazole rings is 1. The lowest BCUT2D eigenvalue weighted by molar-refractivity contribution is 0.158. The van der Waals surface area contributed by atoms with E-state index in [0.717, 1.165) is 24.4 Å². The summed E-state index contributed by atoms with van der Waals surface area (Å²) in [6, 6.07) is 0.252. The van der Waals surface area contributed by atoms with Gasteiger partial charge in [-0.3, -0.25) is 0 Å². The van der Waals surface area contributed by atoms with Gasteiger partial charge in [0.05, 0.1) is 17.3 Å². The summed E-state index contributed by atoms with van der Waals surface area (Å²) in [6.45, 7) is 5.31. The second-order valence-corrected chi connectivity index (χ2v) is 5.04. The van der Waals surface area contributed by atoms with Crippen LogP contribution in [0.2, 0.25) is 0 Å². The van der Waals surface area contributed by atoms with Crippen LogP contribution in [-0.2, 0) is 6.42 Å². The Labute approximate surface area is 95.8 Å². The van der Waals surface area contributed by atoms with Crippen molar-refractivity contribution in [3.8, 4) is 0 Å². The van der Waals surface area contributed by atoms with Crippen LogP contribution >= 0.6 is 11.3 Å². The SMILES string of the molecule is Cc1nc(CCCN(C)C(C)CO)cs1. The van der Waals surface area contributed by atoms with Crippen LogP contribution in [0.25, 0.3) is 0 Å². The van der Waals surface area contributed by atoms with Crippen molar-refractivity contribution in [2.45, 2.75) is 32.7 Å². The molecule has 1 N–H and O–H groups in total. The van der Waals surface area contributed by atoms with E-state index in [1.54, 1.807) is 11.3 Å². The van der Waals surface area contributed by atoms with Crippen molar-refractivity contribution < 1.29 is 5.11 Å². The molecule has 0 aliphatic heterocycles. The van der Waals surface area contributed by atoms with E-state index in [2.05, 4.69) is 15.3 Å². The van der Waals surface area contributed by atoms with Crippen LogP contribution < -0.4 is 0 Å². The lowest BCUT2D eigenvalue weighted by Gasteiger charge is -2.22. The Morgan fingerprint density at radius 1 is 1.60 bits per heavy atom. The van der Waals surface area contributed by atoms with Crippen molar-refractivity contribution in [2.75, 3.05) is 20.2 Å². The average Bonchev–Trinajstić information content (AvgIpc) is 2.63. The number of aryl methyl sites for hydroxylation is 2. The van der Waals surface area contributed by atoms with E-state index in [4.69, 9.17) is 5.11 Å². The predicted molar refractivity (Wildman–Crippen MR) is 64.3 cm³/mol. The van der Waals surface area contributed by atoms with Gasteiger partial charge in [0.25, 0.3) is 0 Å². The van der Waals surface area contributed by atoms with E-state index in [1.807, 2.05) is 20.9 Å². The fraction of sp³-hybridized carbons (Fsp3) is 0.727. The van der Waals surface area contributed by atoms with Gasteiger partial charge in [0, 0.05) is 11.4 Å². The van der Waals surface area contributed by atoms with E-state index in [1.165, 1.54) is 5.69 Å². The molecule has 1 aromatic rings. The minimum atomic E-state index is 0.228. The van der Waals surface area contributed by atoms with Crippen LogP contribution in [0.15, 0.2) is 5.38 Å². The van der Waals surface area contributed by atoms with Crippen molar-refractivity contribution in [1.82, 2.24) is 9.88 Å². The number of hydrogen-bond acceptors (Lipinski definition) is 4. The van der Waals surface area contributed by atoms with Crippen molar-refractivity contribution in [1.29, 1.82) is 0 Å². The van der Waals surface area contributed by atoms with Gasteiger partial charge in [0.1, 0.15) is 0 Å². The molecule has 1 atom stereocenters. The molecule has 0 amide bonds. The quantitative estimate of drug-likeness (QED) is 0.805. The molecule has 1 unspecified atom stereocenters. The van der Waals surface area contributed by atoms with Crippen molar-refractivity contribution in [3.63, 3.8) is 0 Å². The van der Waals surface area contributed by atoms with Crippen molar-refractivity contribution in [3.05, 3.63) is 16.1 Å². The number of likely N-dealkylation sites (N-methyl/N-ethyl adjacent to an activating group) is 1. The molecule has 0 radical (unpaired) electrons. The normalized spacial score (nSPS) is 13.4. The number of aromatic nitrogens is 1. The molecule has 1 rings (SSSR count). The summed E-state index contributed by atoms with van der Waals surface area (Å²) in [7, 11) is 2.05. The second kappa shape index (κ2) is 6.20. The average molecular weight is 228 g/mol. The molecule has 15 heavy (non-hydrogen) atoms. The highest BCUT2D eigenvalue weighted by Crippen LogP contribution is 2.10. The lowest BCUT2D eigenvalue weighted by atomic mass is 10.2. The summed E-state index contributed by atoms with van der Waals surface area (Å²) >= 11 is 1.71. The maximum absolute atomic E-state index is 8.97. The molecule has 0 saturated carbocycles. The van der Waals surface area contributed by atoms with Gasteiger partial charge >= 0.3 is 0 Å². The molecule has 0 aliphatic rings. The Hall–Kier alpha value is -0.450. The number of aliphatic hydroxyl groups is 1. The monoisotopic (exact) mass is 228 g/mol. The Balaban J connectivity index is 2.21. The van der Waals surface area contributed by atoms with Gasteiger partial charge in [-0.15, -0.1) is 11.3 Å². The van der Waals surface area contributed by atoms with E-state index in [-0.39, 0.29) is 12.6 Å². The first-order valence-electron chi connectivity index (χ1n) is 5.35. The highest BCUT2D eigenvalue weighted by molar-refractivity contribution is 7.09. The van der Waals surface area contributed by atoms with E-state index in [0.29, 0.717) is 0 Å². The van der Waals surface area contributed by atoms with Gasteiger partial charge in [-0.1, -0.05) is 0 Å². The fourth-order valence-corrected chi connectivity index (χ4v) is 2.04. The molecule has 0 aromatic carbocycles. The van der Waals surface area contributed by atoms with Crippen LogP contribution in [0, 0.1) is 6.92 Å². The Bertz CT molecular complexity index is 288. The van der Waals surface area contributed by atoms with Gasteiger partial charge in [-0.05, 0) is 40.3 Å². The second-order valence-electron chi connectivity index (χ2n) is 3.97. The maximum Gasteiger partial charge on any atom is 0.0897 e. The third kappa shape index (κ3) is 4.28. The molecule has 0 bridgehead atoms. The van der Waals surface area contributed by atoms with Crippen molar-refractivity contribution in [2.24, 2.45) is 0 Å². The zero-order valence-corrected chi connectivity index (χ0v) is 10.5. The van der Waals surface area contributed by atoms with E-state index in [9.17, 15) is 0 Å². The summed E-state index contributed by atoms with van der Waals surface area (Å²) in [4.78, 5) is 6.60. The molecule has 0 saturated heterocycles. The Morgan fingerprint density at radius 3 is 2.87 bits per heavy atom. The summed E-state index contributed by atoms with van der Waals surface area (Å²) in [5, 5.41) is 12.2. The smallest absolute Gasteiger partial charge is 0.0897 e. The van der Waals surface area contributed by atoms with Crippen LogP contribution in [0.1, 0.15) is 24.0 Å². The molecule has 1 aromatic heterocycles. The molecule has 86 valence electrons. The van der Waals surface area contributed by atoms with E-state index >= 15 is 0 Å². The topological polar surface area (TPSA) is 36.4 Å². The fourth-order valence-electron chi connectivity index (χ4n) is 1.39. The highest BCUT2D eigenvalue weighted by atomic mass is 32.1. The summed E-state index contributed by atoms with van der Waals surface area (Å²) in [6.07, 6.45) is 2.14. The molecule has 1 heterocycles. The number of aliphatic hydroxyl groups excluding tert-OH is 1. The first-order valence-corrected chi connectivity index (χ1v) is 6.23. The molecular weight excluding hydrogens is 208 g/mol. The summed E-state index contributed by atoms with van der Waals surface area (Å²) in [5.41, 5.74) is 1.20. The zero-order chi connectivity index (χ0) is 11.3. The number of hydrogen-bond donors (Lipinski definition) is 1. The Kier molecular flexibility index (Phi) is 5.22. The minimum absolute atomic E-state index is 0.228. The number of nitrogens with zero attached hydrogens (tertiary/aromatic N) is 2. The van der Waals surface area contributed by atoms with Gasteiger partial charge in [-0.2, -0.15) is 0 Å². The predicted octanol–water partition coefficient (Wildman–Crippen LogP) is 1.70. The Morgan fingerprint density at radius 2 is 2.33 bits per heavy atom. The van der Waals surface area contributed by atoms with Crippen LogP contribution in [0.4, 0.5) is 0 Å². The van der Waals surface area contributed by atoms with Gasteiger partial charge in [-0.25, -0.2) is 4.98 Å². The standard InChI is InChI=1S/C11H20N2OS/c1-9(7-14)13(3)6-4-5-11-8-15-10(2)12-11/h8-9,14H,4-7H2,1-3H3. The first kappa shape index (κ1) is 12.6. The van der Waals surface area contributed by atoms with Gasteiger partial charge in [0.15, 0.2) is 0 Å². The third-order valence-electron chi connectivity index (χ3n) is 2.63. The van der Waals surface area contributed by atoms with Gasteiger partial charge in [0.2, 0.25) is 0 Å². The molecule has 0 aliphatic carbocycles. The molecule has 0 spiro atoms. The van der Waals surface area contributed by atoms with Crippen LogP contribution in [0.3, 0.4) is 0 Å². The zero-order valence-electron chi connectivity index (χ0n) is 9.73. The molecule has 0 fully saturated rings. The highest BCUT2D eigenvalue weighted by Gasteiger charge is 2.07. The number of rotatable bonds is 6. The summed E-state index contributed by atoms with van der Waals surface area (Å²) in [5.74, 6) is 0. The first-order chi connectivity index (χ1) is 7.13. The summed E-state index contributed by atoms with van der Waals surface area (Å²) < 4.78 is 0. The molecule has 4 heteroatoms. The molecular formula is C11H20N2OS. The minimum Gasteiger partial charge on any atom is -0.395 e. The third-order valence-corrected chi connectivity index (χ3v) is 3.45.